The van der Waals surface area contributed by atoms with E-state index >= 15 is 0 Å². The molecule has 6 nitrogen and oxygen atoms in total. The standard InChI is InChI=1S/C15H21N5O/c1-15(2,3)18-14(21)20-8-6-19(7-9-20)13-5-4-12(10-16)11-17-13/h4-5,11H,6-9H2,1-3H3,(H,18,21). The van der Waals surface area contributed by atoms with Gasteiger partial charge in [0.25, 0.3) is 0 Å². The first-order valence-electron chi connectivity index (χ1n) is 7.07. The summed E-state index contributed by atoms with van der Waals surface area (Å²) in [5.41, 5.74) is 0.338. The van der Waals surface area contributed by atoms with E-state index in [9.17, 15) is 4.79 Å². The summed E-state index contributed by atoms with van der Waals surface area (Å²) in [6, 6.07) is 5.66. The summed E-state index contributed by atoms with van der Waals surface area (Å²) >= 11 is 0. The monoisotopic (exact) mass is 287 g/mol. The third-order valence-electron chi connectivity index (χ3n) is 3.25. The molecule has 21 heavy (non-hydrogen) atoms. The SMILES string of the molecule is CC(C)(C)NC(=O)N1CCN(c2ccc(C#N)cn2)CC1. The summed E-state index contributed by atoms with van der Waals surface area (Å²) in [7, 11) is 0. The molecule has 1 aliphatic rings. The Balaban J connectivity index is 1.91. The molecule has 1 N–H and O–H groups in total. The van der Waals surface area contributed by atoms with E-state index in [-0.39, 0.29) is 11.6 Å². The molecule has 0 aromatic carbocycles. The van der Waals surface area contributed by atoms with E-state index < -0.39 is 0 Å². The minimum Gasteiger partial charge on any atom is -0.353 e. The average molecular weight is 287 g/mol. The highest BCUT2D eigenvalue weighted by Gasteiger charge is 2.24. The van der Waals surface area contributed by atoms with Gasteiger partial charge in [-0.05, 0) is 32.9 Å². The molecule has 1 aromatic rings. The van der Waals surface area contributed by atoms with Crippen molar-refractivity contribution in [1.82, 2.24) is 15.2 Å². The summed E-state index contributed by atoms with van der Waals surface area (Å²) < 4.78 is 0. The highest BCUT2D eigenvalue weighted by atomic mass is 16.2. The first-order valence-corrected chi connectivity index (χ1v) is 7.07. The number of carbonyl (C=O) groups is 1. The molecule has 6 heteroatoms. The maximum Gasteiger partial charge on any atom is 0.317 e. The number of hydrogen-bond acceptors (Lipinski definition) is 4. The molecule has 0 aliphatic carbocycles. The molecular formula is C15H21N5O. The quantitative estimate of drug-likeness (QED) is 0.851. The Hall–Kier alpha value is -2.29. The minimum absolute atomic E-state index is 0.0186. The summed E-state index contributed by atoms with van der Waals surface area (Å²) in [6.07, 6.45) is 1.58. The minimum atomic E-state index is -0.219. The molecule has 112 valence electrons. The molecule has 0 radical (unpaired) electrons. The zero-order chi connectivity index (χ0) is 15.5. The van der Waals surface area contributed by atoms with Crippen LogP contribution in [0.25, 0.3) is 0 Å². The number of anilines is 1. The lowest BCUT2D eigenvalue weighted by atomic mass is 10.1. The molecule has 1 aliphatic heterocycles. The van der Waals surface area contributed by atoms with Crippen LogP contribution in [0.5, 0.6) is 0 Å². The van der Waals surface area contributed by atoms with Crippen LogP contribution in [0.3, 0.4) is 0 Å². The Morgan fingerprint density at radius 2 is 1.95 bits per heavy atom. The van der Waals surface area contributed by atoms with Crippen molar-refractivity contribution >= 4 is 11.8 Å². The first kappa shape index (κ1) is 15.1. The molecule has 0 spiro atoms. The van der Waals surface area contributed by atoms with Crippen LogP contribution < -0.4 is 10.2 Å². The van der Waals surface area contributed by atoms with Crippen molar-refractivity contribution in [3.05, 3.63) is 23.9 Å². The van der Waals surface area contributed by atoms with Gasteiger partial charge in [0.2, 0.25) is 0 Å². The molecule has 2 heterocycles. The predicted molar refractivity (Wildman–Crippen MR) is 81.0 cm³/mol. The summed E-state index contributed by atoms with van der Waals surface area (Å²) in [5.74, 6) is 0.852. The Labute approximate surface area is 125 Å². The molecular weight excluding hydrogens is 266 g/mol. The van der Waals surface area contributed by atoms with E-state index in [0.29, 0.717) is 18.7 Å². The van der Waals surface area contributed by atoms with Gasteiger partial charge in [-0.2, -0.15) is 5.26 Å². The second-order valence-corrected chi connectivity index (χ2v) is 6.17. The lowest BCUT2D eigenvalue weighted by Crippen LogP contribution is -2.55. The Morgan fingerprint density at radius 1 is 1.29 bits per heavy atom. The Morgan fingerprint density at radius 3 is 2.43 bits per heavy atom. The van der Waals surface area contributed by atoms with Crippen molar-refractivity contribution in [3.8, 4) is 6.07 Å². The van der Waals surface area contributed by atoms with Crippen LogP contribution in [0.4, 0.5) is 10.6 Å². The van der Waals surface area contributed by atoms with Crippen LogP contribution in [-0.4, -0.2) is 47.6 Å². The molecule has 1 aromatic heterocycles. The predicted octanol–water partition coefficient (Wildman–Crippen LogP) is 1.58. The van der Waals surface area contributed by atoms with Gasteiger partial charge in [-0.3, -0.25) is 0 Å². The van der Waals surface area contributed by atoms with Crippen LogP contribution in [-0.2, 0) is 0 Å². The van der Waals surface area contributed by atoms with Gasteiger partial charge in [0, 0.05) is 37.9 Å². The van der Waals surface area contributed by atoms with Gasteiger partial charge >= 0.3 is 6.03 Å². The van der Waals surface area contributed by atoms with E-state index in [1.54, 1.807) is 12.3 Å². The van der Waals surface area contributed by atoms with Gasteiger partial charge in [0.05, 0.1) is 5.56 Å². The highest BCUT2D eigenvalue weighted by molar-refractivity contribution is 5.75. The molecule has 2 rings (SSSR count). The van der Waals surface area contributed by atoms with E-state index in [0.717, 1.165) is 18.9 Å². The van der Waals surface area contributed by atoms with Crippen molar-refractivity contribution in [2.24, 2.45) is 0 Å². The van der Waals surface area contributed by atoms with Crippen LogP contribution in [0.2, 0.25) is 0 Å². The van der Waals surface area contributed by atoms with E-state index in [1.165, 1.54) is 0 Å². The van der Waals surface area contributed by atoms with E-state index in [2.05, 4.69) is 21.3 Å². The second kappa shape index (κ2) is 6.00. The number of amides is 2. The van der Waals surface area contributed by atoms with Gasteiger partial charge in [-0.25, -0.2) is 9.78 Å². The number of pyridine rings is 1. The molecule has 0 unspecified atom stereocenters. The molecule has 0 bridgehead atoms. The Bertz CT molecular complexity index is 533. The van der Waals surface area contributed by atoms with Crippen LogP contribution in [0.1, 0.15) is 26.3 Å². The third kappa shape index (κ3) is 4.09. The lowest BCUT2D eigenvalue weighted by molar-refractivity contribution is 0.185. The molecule has 1 saturated heterocycles. The maximum absolute atomic E-state index is 12.1. The lowest BCUT2D eigenvalue weighted by Gasteiger charge is -2.36. The van der Waals surface area contributed by atoms with Gasteiger partial charge in [-0.1, -0.05) is 0 Å². The maximum atomic E-state index is 12.1. The number of aromatic nitrogens is 1. The fourth-order valence-electron chi connectivity index (χ4n) is 2.18. The smallest absolute Gasteiger partial charge is 0.317 e. The fourth-order valence-corrected chi connectivity index (χ4v) is 2.18. The molecule has 2 amide bonds. The normalized spacial score (nSPS) is 15.5. The number of nitriles is 1. The topological polar surface area (TPSA) is 72.3 Å². The van der Waals surface area contributed by atoms with Crippen LogP contribution in [0.15, 0.2) is 18.3 Å². The van der Waals surface area contributed by atoms with Crippen molar-refractivity contribution in [3.63, 3.8) is 0 Å². The third-order valence-corrected chi connectivity index (χ3v) is 3.25. The van der Waals surface area contributed by atoms with E-state index in [1.807, 2.05) is 31.7 Å². The second-order valence-electron chi connectivity index (χ2n) is 6.17. The number of nitrogens with zero attached hydrogens (tertiary/aromatic N) is 4. The van der Waals surface area contributed by atoms with Gasteiger partial charge in [-0.15, -0.1) is 0 Å². The average Bonchev–Trinajstić information content (AvgIpc) is 2.46. The van der Waals surface area contributed by atoms with Crippen LogP contribution >= 0.6 is 0 Å². The number of urea groups is 1. The van der Waals surface area contributed by atoms with Crippen LogP contribution in [0, 0.1) is 11.3 Å². The summed E-state index contributed by atoms with van der Waals surface area (Å²) in [5, 5.41) is 11.7. The first-order chi connectivity index (χ1) is 9.89. The number of piperazine rings is 1. The van der Waals surface area contributed by atoms with E-state index in [4.69, 9.17) is 5.26 Å². The molecule has 0 saturated carbocycles. The molecule has 1 fully saturated rings. The summed E-state index contributed by atoms with van der Waals surface area (Å²) in [4.78, 5) is 20.3. The summed E-state index contributed by atoms with van der Waals surface area (Å²) in [6.45, 7) is 8.76. The van der Waals surface area contributed by atoms with Crippen molar-refractivity contribution in [2.75, 3.05) is 31.1 Å². The number of nitrogens with one attached hydrogen (secondary N) is 1. The van der Waals surface area contributed by atoms with Gasteiger partial charge in [0.1, 0.15) is 11.9 Å². The number of carbonyl (C=O) groups excluding carboxylic acids is 1. The number of hydrogen-bond donors (Lipinski definition) is 1. The van der Waals surface area contributed by atoms with Crippen molar-refractivity contribution in [1.29, 1.82) is 5.26 Å². The highest BCUT2D eigenvalue weighted by Crippen LogP contribution is 2.14. The largest absolute Gasteiger partial charge is 0.353 e. The van der Waals surface area contributed by atoms with Crippen molar-refractivity contribution < 1.29 is 4.79 Å². The zero-order valence-electron chi connectivity index (χ0n) is 12.8. The Kier molecular flexibility index (Phi) is 4.32. The fraction of sp³-hybridized carbons (Fsp3) is 0.533. The zero-order valence-corrected chi connectivity index (χ0v) is 12.8. The van der Waals surface area contributed by atoms with Gasteiger partial charge < -0.3 is 15.1 Å². The van der Waals surface area contributed by atoms with Gasteiger partial charge in [0.15, 0.2) is 0 Å². The molecule has 0 atom stereocenters. The van der Waals surface area contributed by atoms with Crippen molar-refractivity contribution in [2.45, 2.75) is 26.3 Å². The number of rotatable bonds is 1.